The molecule has 0 spiro atoms. The molecule has 0 aliphatic carbocycles. The van der Waals surface area contributed by atoms with Gasteiger partial charge in [0.1, 0.15) is 17.6 Å². The Labute approximate surface area is 147 Å². The van der Waals surface area contributed by atoms with Crippen molar-refractivity contribution in [3.8, 4) is 11.5 Å². The van der Waals surface area contributed by atoms with E-state index in [0.29, 0.717) is 6.54 Å². The predicted octanol–water partition coefficient (Wildman–Crippen LogP) is 3.45. The molecule has 2 N–H and O–H groups in total. The average Bonchev–Trinajstić information content (AvgIpc) is 3.13. The van der Waals surface area contributed by atoms with Crippen molar-refractivity contribution in [3.05, 3.63) is 46.7 Å². The van der Waals surface area contributed by atoms with Crippen LogP contribution in [-0.4, -0.2) is 32.8 Å². The molecule has 1 aromatic heterocycles. The van der Waals surface area contributed by atoms with E-state index in [2.05, 4.69) is 40.1 Å². The number of nitrogens with zero attached hydrogens (tertiary/aromatic N) is 1. The van der Waals surface area contributed by atoms with E-state index in [1.54, 1.807) is 25.5 Å². The quantitative estimate of drug-likeness (QED) is 0.595. The average molecular weight is 347 g/mol. The van der Waals surface area contributed by atoms with Crippen molar-refractivity contribution in [2.75, 3.05) is 20.7 Å². The molecule has 2 rings (SSSR count). The van der Waals surface area contributed by atoms with E-state index in [1.807, 2.05) is 31.2 Å². The molecule has 6 heteroatoms. The largest absolute Gasteiger partial charge is 0.497 e. The topological polar surface area (TPSA) is 54.9 Å². The molecule has 0 saturated heterocycles. The summed E-state index contributed by atoms with van der Waals surface area (Å²) in [5.74, 6) is 2.34. The van der Waals surface area contributed by atoms with Crippen molar-refractivity contribution < 1.29 is 9.47 Å². The number of benzene rings is 1. The standard InChI is InChI=1S/C18H25N3O2S/c1-13(23-16-8-5-7-15(11-16)22-4)12-20-18(19-3)21-14(2)17-9-6-10-24-17/h5-11,13-14H,12H2,1-4H3,(H2,19,20,21). The fraction of sp³-hybridized carbons (Fsp3) is 0.389. The number of methoxy groups -OCH3 is 1. The zero-order valence-corrected chi connectivity index (χ0v) is 15.4. The van der Waals surface area contributed by atoms with Gasteiger partial charge in [-0.3, -0.25) is 4.99 Å². The highest BCUT2D eigenvalue weighted by Crippen LogP contribution is 2.20. The van der Waals surface area contributed by atoms with Crippen molar-refractivity contribution >= 4 is 17.3 Å². The first-order valence-corrected chi connectivity index (χ1v) is 8.81. The van der Waals surface area contributed by atoms with Gasteiger partial charge in [-0.15, -0.1) is 11.3 Å². The summed E-state index contributed by atoms with van der Waals surface area (Å²) in [5.41, 5.74) is 0. The zero-order chi connectivity index (χ0) is 17.4. The summed E-state index contributed by atoms with van der Waals surface area (Å²) in [6.45, 7) is 4.78. The molecule has 0 radical (unpaired) electrons. The van der Waals surface area contributed by atoms with Crippen molar-refractivity contribution in [2.45, 2.75) is 26.0 Å². The molecule has 2 atom stereocenters. The lowest BCUT2D eigenvalue weighted by atomic mass is 10.3. The molecule has 2 aromatic rings. The van der Waals surface area contributed by atoms with Crippen LogP contribution in [0.25, 0.3) is 0 Å². The minimum atomic E-state index is -0.00676. The number of aliphatic imine (C=N–C) groups is 1. The second-order valence-corrected chi connectivity index (χ2v) is 6.42. The van der Waals surface area contributed by atoms with Crippen molar-refractivity contribution in [2.24, 2.45) is 4.99 Å². The molecule has 0 fully saturated rings. The van der Waals surface area contributed by atoms with E-state index >= 15 is 0 Å². The second-order valence-electron chi connectivity index (χ2n) is 5.44. The lowest BCUT2D eigenvalue weighted by Gasteiger charge is -2.20. The third kappa shape index (κ3) is 5.45. The van der Waals surface area contributed by atoms with Crippen molar-refractivity contribution in [3.63, 3.8) is 0 Å². The summed E-state index contributed by atoms with van der Waals surface area (Å²) in [7, 11) is 3.42. The Balaban J connectivity index is 1.81. The predicted molar refractivity (Wildman–Crippen MR) is 100 cm³/mol. The van der Waals surface area contributed by atoms with Crippen LogP contribution in [0.15, 0.2) is 46.8 Å². The molecule has 0 aliphatic rings. The fourth-order valence-corrected chi connectivity index (χ4v) is 2.93. The number of hydrogen-bond donors (Lipinski definition) is 2. The van der Waals surface area contributed by atoms with Gasteiger partial charge in [-0.25, -0.2) is 0 Å². The van der Waals surface area contributed by atoms with Gasteiger partial charge in [0, 0.05) is 18.0 Å². The van der Waals surface area contributed by atoms with Gasteiger partial charge < -0.3 is 20.1 Å². The lowest BCUT2D eigenvalue weighted by molar-refractivity contribution is 0.223. The summed E-state index contributed by atoms with van der Waals surface area (Å²) < 4.78 is 11.1. The van der Waals surface area contributed by atoms with E-state index in [-0.39, 0.29) is 12.1 Å². The van der Waals surface area contributed by atoms with Crippen LogP contribution in [0.1, 0.15) is 24.8 Å². The van der Waals surface area contributed by atoms with Crippen LogP contribution in [0.5, 0.6) is 11.5 Å². The molecule has 0 bridgehead atoms. The lowest BCUT2D eigenvalue weighted by Crippen LogP contribution is -2.42. The van der Waals surface area contributed by atoms with Gasteiger partial charge in [0.2, 0.25) is 0 Å². The number of thiophene rings is 1. The summed E-state index contributed by atoms with van der Waals surface area (Å²) in [5, 5.41) is 8.76. The molecular formula is C18H25N3O2S. The van der Waals surface area contributed by atoms with Gasteiger partial charge in [-0.2, -0.15) is 0 Å². The normalized spacial score (nSPS) is 13.9. The van der Waals surface area contributed by atoms with Crippen molar-refractivity contribution in [1.29, 1.82) is 0 Å². The summed E-state index contributed by atoms with van der Waals surface area (Å²) in [6, 6.07) is 12.0. The number of ether oxygens (including phenoxy) is 2. The zero-order valence-electron chi connectivity index (χ0n) is 14.6. The number of rotatable bonds is 7. The molecular weight excluding hydrogens is 322 g/mol. The molecule has 0 amide bonds. The van der Waals surface area contributed by atoms with Gasteiger partial charge in [-0.1, -0.05) is 12.1 Å². The first-order valence-electron chi connectivity index (χ1n) is 7.93. The van der Waals surface area contributed by atoms with Crippen LogP contribution in [0.2, 0.25) is 0 Å². The van der Waals surface area contributed by atoms with E-state index in [9.17, 15) is 0 Å². The van der Waals surface area contributed by atoms with E-state index in [1.165, 1.54) is 4.88 Å². The minimum Gasteiger partial charge on any atom is -0.497 e. The summed E-state index contributed by atoms with van der Waals surface area (Å²) in [6.07, 6.45) is -0.00676. The fourth-order valence-electron chi connectivity index (χ4n) is 2.20. The Bertz CT molecular complexity index is 643. The van der Waals surface area contributed by atoms with Crippen LogP contribution < -0.4 is 20.1 Å². The van der Waals surface area contributed by atoms with Crippen LogP contribution in [0, 0.1) is 0 Å². The smallest absolute Gasteiger partial charge is 0.191 e. The maximum absolute atomic E-state index is 5.91. The molecule has 0 aliphatic heterocycles. The maximum Gasteiger partial charge on any atom is 0.191 e. The highest BCUT2D eigenvalue weighted by atomic mass is 32.1. The van der Waals surface area contributed by atoms with Crippen LogP contribution in [-0.2, 0) is 0 Å². The Morgan fingerprint density at radius 3 is 2.67 bits per heavy atom. The Morgan fingerprint density at radius 1 is 1.21 bits per heavy atom. The first kappa shape index (κ1) is 18.1. The van der Waals surface area contributed by atoms with E-state index in [4.69, 9.17) is 9.47 Å². The molecule has 1 aromatic carbocycles. The molecule has 1 heterocycles. The molecule has 2 unspecified atom stereocenters. The van der Waals surface area contributed by atoms with Gasteiger partial charge in [0.05, 0.1) is 19.7 Å². The highest BCUT2D eigenvalue weighted by molar-refractivity contribution is 7.10. The SMILES string of the molecule is CN=C(NCC(C)Oc1cccc(OC)c1)NC(C)c1cccs1. The monoisotopic (exact) mass is 347 g/mol. The maximum atomic E-state index is 5.91. The van der Waals surface area contributed by atoms with Gasteiger partial charge in [-0.05, 0) is 37.4 Å². The second kappa shape index (κ2) is 9.17. The van der Waals surface area contributed by atoms with Gasteiger partial charge in [0.25, 0.3) is 0 Å². The van der Waals surface area contributed by atoms with Crippen molar-refractivity contribution in [1.82, 2.24) is 10.6 Å². The third-order valence-corrected chi connectivity index (χ3v) is 4.54. The Morgan fingerprint density at radius 2 is 2.00 bits per heavy atom. The van der Waals surface area contributed by atoms with E-state index in [0.717, 1.165) is 17.5 Å². The van der Waals surface area contributed by atoms with Gasteiger partial charge >= 0.3 is 0 Å². The first-order chi connectivity index (χ1) is 11.6. The van der Waals surface area contributed by atoms with Crippen LogP contribution >= 0.6 is 11.3 Å². The molecule has 24 heavy (non-hydrogen) atoms. The third-order valence-electron chi connectivity index (χ3n) is 3.48. The number of nitrogens with one attached hydrogen (secondary N) is 2. The van der Waals surface area contributed by atoms with Crippen LogP contribution in [0.4, 0.5) is 0 Å². The Kier molecular flexibility index (Phi) is 6.93. The Hall–Kier alpha value is -2.21. The molecule has 5 nitrogen and oxygen atoms in total. The van der Waals surface area contributed by atoms with E-state index < -0.39 is 0 Å². The van der Waals surface area contributed by atoms with Crippen LogP contribution in [0.3, 0.4) is 0 Å². The molecule has 0 saturated carbocycles. The molecule has 130 valence electrons. The highest BCUT2D eigenvalue weighted by Gasteiger charge is 2.10. The summed E-state index contributed by atoms with van der Waals surface area (Å²) in [4.78, 5) is 5.54. The summed E-state index contributed by atoms with van der Waals surface area (Å²) >= 11 is 1.73. The number of hydrogen-bond acceptors (Lipinski definition) is 4. The number of guanidine groups is 1. The van der Waals surface area contributed by atoms with Gasteiger partial charge in [0.15, 0.2) is 5.96 Å². The minimum absolute atomic E-state index is 0.00676.